The van der Waals surface area contributed by atoms with E-state index < -0.39 is 0 Å². The monoisotopic (exact) mass is 393 g/mol. The van der Waals surface area contributed by atoms with Gasteiger partial charge in [-0.05, 0) is 35.7 Å². The van der Waals surface area contributed by atoms with E-state index in [1.807, 2.05) is 23.1 Å². The van der Waals surface area contributed by atoms with Crippen molar-refractivity contribution in [2.24, 2.45) is 0 Å². The lowest BCUT2D eigenvalue weighted by Crippen LogP contribution is -2.51. The van der Waals surface area contributed by atoms with Gasteiger partial charge in [0.1, 0.15) is 6.17 Å². The van der Waals surface area contributed by atoms with Crippen LogP contribution in [0.25, 0.3) is 10.9 Å². The summed E-state index contributed by atoms with van der Waals surface area (Å²) in [7, 11) is 2.11. The molecule has 0 aliphatic carbocycles. The summed E-state index contributed by atoms with van der Waals surface area (Å²) in [5, 5.41) is 1.31. The van der Waals surface area contributed by atoms with Crippen LogP contribution in [0.15, 0.2) is 78.9 Å². The Bertz CT molecular complexity index is 1270. The number of rotatable bonds is 2. The zero-order chi connectivity index (χ0) is 20.2. The molecule has 0 unspecified atom stereocenters. The van der Waals surface area contributed by atoms with Gasteiger partial charge in [-0.2, -0.15) is 0 Å². The topological polar surface area (TPSA) is 28.5 Å². The van der Waals surface area contributed by atoms with Gasteiger partial charge >= 0.3 is 0 Å². The number of fused-ring (bicyclic) bond motifs is 6. The van der Waals surface area contributed by atoms with Crippen LogP contribution in [-0.2, 0) is 13.0 Å². The van der Waals surface area contributed by atoms with Crippen LogP contribution in [0.1, 0.15) is 33.3 Å². The van der Waals surface area contributed by atoms with Crippen LogP contribution < -0.4 is 4.90 Å². The Labute approximate surface area is 176 Å². The second kappa shape index (κ2) is 6.49. The number of nitrogens with zero attached hydrogens (tertiary/aromatic N) is 3. The standard InChI is InChI=1S/C26H23N3O/c1-27-22-13-7-6-12-21(22)26(30)28-16-15-20-19-11-5-8-14-23(19)29(24(20)25(27)28)17-18-9-3-2-4-10-18/h2-14,25H,15-17H2,1H3/t25-/m0/s1. The van der Waals surface area contributed by atoms with Crippen molar-refractivity contribution in [3.63, 3.8) is 0 Å². The molecule has 4 nitrogen and oxygen atoms in total. The second-order valence-corrected chi connectivity index (χ2v) is 8.20. The Kier molecular flexibility index (Phi) is 3.75. The van der Waals surface area contributed by atoms with E-state index in [0.717, 1.165) is 30.8 Å². The zero-order valence-corrected chi connectivity index (χ0v) is 17.0. The number of hydrogen-bond donors (Lipinski definition) is 0. The van der Waals surface area contributed by atoms with Crippen molar-refractivity contribution in [1.82, 2.24) is 9.47 Å². The van der Waals surface area contributed by atoms with E-state index >= 15 is 0 Å². The van der Waals surface area contributed by atoms with E-state index in [9.17, 15) is 4.79 Å². The second-order valence-electron chi connectivity index (χ2n) is 8.20. The number of aromatic nitrogens is 1. The molecule has 4 aromatic rings. The first kappa shape index (κ1) is 17.3. The third-order valence-corrected chi connectivity index (χ3v) is 6.59. The quantitative estimate of drug-likeness (QED) is 0.488. The lowest BCUT2D eigenvalue weighted by molar-refractivity contribution is 0.0630. The lowest BCUT2D eigenvalue weighted by atomic mass is 9.96. The molecule has 3 heterocycles. The van der Waals surface area contributed by atoms with Gasteiger partial charge in [0.05, 0.1) is 16.9 Å². The summed E-state index contributed by atoms with van der Waals surface area (Å²) in [6.45, 7) is 1.54. The predicted octanol–water partition coefficient (Wildman–Crippen LogP) is 4.84. The van der Waals surface area contributed by atoms with Crippen LogP contribution in [0.5, 0.6) is 0 Å². The van der Waals surface area contributed by atoms with Crippen molar-refractivity contribution >= 4 is 22.5 Å². The van der Waals surface area contributed by atoms with E-state index in [0.29, 0.717) is 0 Å². The summed E-state index contributed by atoms with van der Waals surface area (Å²) in [6, 6.07) is 27.2. The maximum Gasteiger partial charge on any atom is 0.257 e. The van der Waals surface area contributed by atoms with Gasteiger partial charge in [-0.15, -0.1) is 0 Å². The highest BCUT2D eigenvalue weighted by Gasteiger charge is 2.42. The molecule has 1 atom stereocenters. The summed E-state index contributed by atoms with van der Waals surface area (Å²) in [5.41, 5.74) is 6.94. The molecule has 2 aliphatic rings. The molecule has 148 valence electrons. The van der Waals surface area contributed by atoms with Gasteiger partial charge < -0.3 is 14.4 Å². The third kappa shape index (κ3) is 2.37. The highest BCUT2D eigenvalue weighted by atomic mass is 16.2. The fourth-order valence-electron chi connectivity index (χ4n) is 5.24. The highest BCUT2D eigenvalue weighted by Crippen LogP contribution is 2.44. The van der Waals surface area contributed by atoms with Crippen molar-refractivity contribution in [3.05, 3.63) is 101 Å². The fraction of sp³-hybridized carbons (Fsp3) is 0.192. The van der Waals surface area contributed by atoms with Crippen LogP contribution in [-0.4, -0.2) is 29.0 Å². The largest absolute Gasteiger partial charge is 0.349 e. The van der Waals surface area contributed by atoms with E-state index in [1.54, 1.807) is 0 Å². The SMILES string of the molecule is CN1c2ccccc2C(=O)N2CCc3c(n(Cc4ccccc4)c4ccccc34)[C@H]21. The molecule has 0 saturated heterocycles. The van der Waals surface area contributed by atoms with E-state index in [1.165, 1.54) is 27.7 Å². The molecule has 0 radical (unpaired) electrons. The Morgan fingerprint density at radius 2 is 1.63 bits per heavy atom. The number of benzene rings is 3. The average Bonchev–Trinajstić information content (AvgIpc) is 3.11. The molecule has 0 saturated carbocycles. The number of hydrogen-bond acceptors (Lipinski definition) is 2. The Balaban J connectivity index is 1.59. The Morgan fingerprint density at radius 1 is 0.900 bits per heavy atom. The van der Waals surface area contributed by atoms with E-state index in [2.05, 4.69) is 77.2 Å². The number of para-hydroxylation sites is 2. The number of carbonyl (C=O) groups is 1. The van der Waals surface area contributed by atoms with E-state index in [-0.39, 0.29) is 12.1 Å². The highest BCUT2D eigenvalue weighted by molar-refractivity contribution is 6.02. The third-order valence-electron chi connectivity index (χ3n) is 6.59. The molecule has 4 heteroatoms. The summed E-state index contributed by atoms with van der Waals surface area (Å²) in [4.78, 5) is 17.7. The van der Waals surface area contributed by atoms with Gasteiger partial charge in [0.2, 0.25) is 0 Å². The molecule has 30 heavy (non-hydrogen) atoms. The predicted molar refractivity (Wildman–Crippen MR) is 120 cm³/mol. The Hall–Kier alpha value is -3.53. The molecule has 1 amide bonds. The van der Waals surface area contributed by atoms with Crippen molar-refractivity contribution in [1.29, 1.82) is 0 Å². The molecule has 0 bridgehead atoms. The molecule has 0 N–H and O–H groups in total. The summed E-state index contributed by atoms with van der Waals surface area (Å²) in [5.74, 6) is 0.135. The molecular formula is C26H23N3O. The normalized spacial score (nSPS) is 17.6. The maximum absolute atomic E-state index is 13.4. The molecule has 6 rings (SSSR count). The number of amides is 1. The summed E-state index contributed by atoms with van der Waals surface area (Å²) < 4.78 is 2.43. The first-order valence-corrected chi connectivity index (χ1v) is 10.5. The van der Waals surface area contributed by atoms with Crippen molar-refractivity contribution in [2.45, 2.75) is 19.1 Å². The van der Waals surface area contributed by atoms with Crippen LogP contribution in [0, 0.1) is 0 Å². The van der Waals surface area contributed by atoms with Gasteiger partial charge in [-0.3, -0.25) is 4.79 Å². The first-order chi connectivity index (χ1) is 14.7. The van der Waals surface area contributed by atoms with Crippen LogP contribution in [0.4, 0.5) is 5.69 Å². The average molecular weight is 393 g/mol. The number of anilines is 1. The van der Waals surface area contributed by atoms with Gasteiger partial charge in [0.25, 0.3) is 5.91 Å². The maximum atomic E-state index is 13.4. The van der Waals surface area contributed by atoms with Crippen molar-refractivity contribution in [3.8, 4) is 0 Å². The van der Waals surface area contributed by atoms with Crippen LogP contribution >= 0.6 is 0 Å². The van der Waals surface area contributed by atoms with Crippen molar-refractivity contribution < 1.29 is 4.79 Å². The van der Waals surface area contributed by atoms with Gasteiger partial charge in [0.15, 0.2) is 0 Å². The summed E-state index contributed by atoms with van der Waals surface area (Å²) >= 11 is 0. The van der Waals surface area contributed by atoms with Crippen LogP contribution in [0.2, 0.25) is 0 Å². The lowest BCUT2D eigenvalue weighted by Gasteiger charge is -2.46. The minimum atomic E-state index is -0.0905. The van der Waals surface area contributed by atoms with Gasteiger partial charge in [-0.25, -0.2) is 0 Å². The molecular weight excluding hydrogens is 370 g/mol. The minimum Gasteiger partial charge on any atom is -0.349 e. The fourth-order valence-corrected chi connectivity index (χ4v) is 5.24. The summed E-state index contributed by atoms with van der Waals surface area (Å²) in [6.07, 6.45) is 0.794. The molecule has 1 aromatic heterocycles. The first-order valence-electron chi connectivity index (χ1n) is 10.5. The van der Waals surface area contributed by atoms with E-state index in [4.69, 9.17) is 0 Å². The van der Waals surface area contributed by atoms with Crippen LogP contribution in [0.3, 0.4) is 0 Å². The minimum absolute atomic E-state index is 0.0905. The molecule has 2 aliphatic heterocycles. The number of carbonyl (C=O) groups excluding carboxylic acids is 1. The smallest absolute Gasteiger partial charge is 0.257 e. The van der Waals surface area contributed by atoms with Gasteiger partial charge in [-0.1, -0.05) is 60.7 Å². The molecule has 3 aromatic carbocycles. The van der Waals surface area contributed by atoms with Gasteiger partial charge in [0, 0.05) is 31.0 Å². The molecule has 0 fully saturated rings. The Morgan fingerprint density at radius 3 is 2.50 bits per heavy atom. The van der Waals surface area contributed by atoms with Crippen molar-refractivity contribution in [2.75, 3.05) is 18.5 Å². The molecule has 0 spiro atoms. The zero-order valence-electron chi connectivity index (χ0n) is 17.0.